The maximum absolute atomic E-state index is 12.0. The minimum atomic E-state index is -0.225. The lowest BCUT2D eigenvalue weighted by Gasteiger charge is -2.24. The number of hydrogen-bond donors (Lipinski definition) is 1. The highest BCUT2D eigenvalue weighted by atomic mass is 16.6. The molecule has 4 nitrogen and oxygen atoms in total. The van der Waals surface area contributed by atoms with Gasteiger partial charge in [0.05, 0.1) is 0 Å². The van der Waals surface area contributed by atoms with Crippen molar-refractivity contribution in [1.82, 2.24) is 10.2 Å². The number of carbonyl (C=O) groups is 1. The van der Waals surface area contributed by atoms with E-state index in [0.29, 0.717) is 17.7 Å². The van der Waals surface area contributed by atoms with Crippen LogP contribution in [0, 0.1) is 5.92 Å². The third kappa shape index (κ3) is 2.34. The van der Waals surface area contributed by atoms with Crippen LogP contribution < -0.4 is 10.1 Å². The molecule has 2 fully saturated rings. The third-order valence-electron chi connectivity index (χ3n) is 3.81. The minimum Gasteiger partial charge on any atom is -0.410 e. The molecule has 2 aliphatic rings. The lowest BCUT2D eigenvalue weighted by Crippen LogP contribution is -2.41. The second-order valence-corrected chi connectivity index (χ2v) is 5.05. The SMILES string of the molecule is O=C(Oc1ccccc1)N1C[C@H]2CCCN[C@H]2C1. The van der Waals surface area contributed by atoms with Gasteiger partial charge in [0.2, 0.25) is 0 Å². The summed E-state index contributed by atoms with van der Waals surface area (Å²) in [5, 5.41) is 3.48. The van der Waals surface area contributed by atoms with Gasteiger partial charge in [0.15, 0.2) is 0 Å². The van der Waals surface area contributed by atoms with Crippen LogP contribution in [-0.2, 0) is 0 Å². The summed E-state index contributed by atoms with van der Waals surface area (Å²) in [7, 11) is 0. The Hall–Kier alpha value is -1.55. The number of nitrogens with zero attached hydrogens (tertiary/aromatic N) is 1. The second kappa shape index (κ2) is 4.98. The number of hydrogen-bond acceptors (Lipinski definition) is 3. The third-order valence-corrected chi connectivity index (χ3v) is 3.81. The lowest BCUT2D eigenvalue weighted by molar-refractivity contribution is 0.160. The Morgan fingerprint density at radius 1 is 1.28 bits per heavy atom. The van der Waals surface area contributed by atoms with E-state index in [1.807, 2.05) is 23.1 Å². The van der Waals surface area contributed by atoms with E-state index in [0.717, 1.165) is 19.6 Å². The first kappa shape index (κ1) is 11.5. The van der Waals surface area contributed by atoms with E-state index < -0.39 is 0 Å². The summed E-state index contributed by atoms with van der Waals surface area (Å²) in [6.45, 7) is 2.67. The van der Waals surface area contributed by atoms with Crippen LogP contribution in [0.1, 0.15) is 12.8 Å². The standard InChI is InChI=1S/C14H18N2O2/c17-14(18-12-6-2-1-3-7-12)16-9-11-5-4-8-15-13(11)10-16/h1-3,6-7,11,13,15H,4-5,8-10H2/t11-,13+/m1/s1. The molecule has 3 rings (SSSR count). The van der Waals surface area contributed by atoms with Crippen molar-refractivity contribution in [3.63, 3.8) is 0 Å². The maximum Gasteiger partial charge on any atom is 0.415 e. The number of likely N-dealkylation sites (tertiary alicyclic amines) is 1. The lowest BCUT2D eigenvalue weighted by atomic mass is 9.94. The number of piperidine rings is 1. The summed E-state index contributed by atoms with van der Waals surface area (Å²) >= 11 is 0. The zero-order valence-electron chi connectivity index (χ0n) is 10.3. The predicted octanol–water partition coefficient (Wildman–Crippen LogP) is 1.87. The molecule has 0 aromatic heterocycles. The average Bonchev–Trinajstić information content (AvgIpc) is 2.84. The molecule has 1 amide bonds. The molecule has 0 saturated carbocycles. The van der Waals surface area contributed by atoms with E-state index in [2.05, 4.69) is 5.32 Å². The van der Waals surface area contributed by atoms with Crippen LogP contribution in [0.3, 0.4) is 0 Å². The fourth-order valence-electron chi connectivity index (χ4n) is 2.85. The topological polar surface area (TPSA) is 41.6 Å². The van der Waals surface area contributed by atoms with Crippen LogP contribution >= 0.6 is 0 Å². The van der Waals surface area contributed by atoms with Crippen LogP contribution in [-0.4, -0.2) is 36.7 Å². The van der Waals surface area contributed by atoms with E-state index >= 15 is 0 Å². The van der Waals surface area contributed by atoms with Crippen molar-refractivity contribution < 1.29 is 9.53 Å². The van der Waals surface area contributed by atoms with Gasteiger partial charge in [-0.25, -0.2) is 4.79 Å². The van der Waals surface area contributed by atoms with Gasteiger partial charge in [0.25, 0.3) is 0 Å². The van der Waals surface area contributed by atoms with E-state index in [9.17, 15) is 4.79 Å². The molecular formula is C14H18N2O2. The summed E-state index contributed by atoms with van der Waals surface area (Å²) < 4.78 is 5.36. The van der Waals surface area contributed by atoms with Gasteiger partial charge < -0.3 is 15.0 Å². The van der Waals surface area contributed by atoms with Crippen LogP contribution in [0.2, 0.25) is 0 Å². The molecule has 96 valence electrons. The van der Waals surface area contributed by atoms with Crippen molar-refractivity contribution in [2.24, 2.45) is 5.92 Å². The molecule has 0 spiro atoms. The van der Waals surface area contributed by atoms with Gasteiger partial charge in [-0.05, 0) is 37.4 Å². The summed E-state index contributed by atoms with van der Waals surface area (Å²) in [6, 6.07) is 9.72. The van der Waals surface area contributed by atoms with Gasteiger partial charge >= 0.3 is 6.09 Å². The number of ether oxygens (including phenoxy) is 1. The fourth-order valence-corrected chi connectivity index (χ4v) is 2.85. The Kier molecular flexibility index (Phi) is 3.19. The van der Waals surface area contributed by atoms with Crippen molar-refractivity contribution in [3.05, 3.63) is 30.3 Å². The van der Waals surface area contributed by atoms with Crippen LogP contribution in [0.5, 0.6) is 5.75 Å². The molecule has 1 aromatic rings. The Balaban J connectivity index is 1.60. The van der Waals surface area contributed by atoms with Crippen LogP contribution in [0.4, 0.5) is 4.79 Å². The zero-order chi connectivity index (χ0) is 12.4. The molecule has 2 aliphatic heterocycles. The number of para-hydroxylation sites is 1. The number of nitrogens with one attached hydrogen (secondary N) is 1. The average molecular weight is 246 g/mol. The largest absolute Gasteiger partial charge is 0.415 e. The molecule has 2 saturated heterocycles. The Bertz CT molecular complexity index is 407. The summed E-state index contributed by atoms with van der Waals surface area (Å²) in [5.74, 6) is 1.22. The molecule has 4 heteroatoms. The molecule has 18 heavy (non-hydrogen) atoms. The van der Waals surface area contributed by atoms with E-state index in [1.165, 1.54) is 12.8 Å². The second-order valence-electron chi connectivity index (χ2n) is 5.05. The highest BCUT2D eigenvalue weighted by Crippen LogP contribution is 2.25. The molecule has 2 atom stereocenters. The minimum absolute atomic E-state index is 0.225. The van der Waals surface area contributed by atoms with Gasteiger partial charge in [-0.1, -0.05) is 18.2 Å². The molecule has 0 radical (unpaired) electrons. The summed E-state index contributed by atoms with van der Waals surface area (Å²) in [5.41, 5.74) is 0. The number of rotatable bonds is 1. The molecule has 0 bridgehead atoms. The maximum atomic E-state index is 12.0. The van der Waals surface area contributed by atoms with Crippen molar-refractivity contribution >= 4 is 6.09 Å². The molecular weight excluding hydrogens is 228 g/mol. The number of amides is 1. The van der Waals surface area contributed by atoms with Gasteiger partial charge in [-0.15, -0.1) is 0 Å². The zero-order valence-corrected chi connectivity index (χ0v) is 10.3. The van der Waals surface area contributed by atoms with Crippen LogP contribution in [0.15, 0.2) is 30.3 Å². The number of fused-ring (bicyclic) bond motifs is 1. The van der Waals surface area contributed by atoms with Crippen molar-refractivity contribution in [1.29, 1.82) is 0 Å². The van der Waals surface area contributed by atoms with Crippen molar-refractivity contribution in [3.8, 4) is 5.75 Å². The van der Waals surface area contributed by atoms with E-state index in [1.54, 1.807) is 12.1 Å². The number of carbonyl (C=O) groups excluding carboxylic acids is 1. The quantitative estimate of drug-likeness (QED) is 0.822. The van der Waals surface area contributed by atoms with Gasteiger partial charge in [0.1, 0.15) is 5.75 Å². The molecule has 1 aromatic carbocycles. The van der Waals surface area contributed by atoms with E-state index in [-0.39, 0.29) is 6.09 Å². The van der Waals surface area contributed by atoms with Crippen LogP contribution in [0.25, 0.3) is 0 Å². The van der Waals surface area contributed by atoms with Crippen molar-refractivity contribution in [2.45, 2.75) is 18.9 Å². The summed E-state index contributed by atoms with van der Waals surface area (Å²) in [6.07, 6.45) is 2.20. The summed E-state index contributed by atoms with van der Waals surface area (Å²) in [4.78, 5) is 13.9. The smallest absolute Gasteiger partial charge is 0.410 e. The molecule has 1 N–H and O–H groups in total. The first-order chi connectivity index (χ1) is 8.83. The first-order valence-corrected chi connectivity index (χ1v) is 6.58. The predicted molar refractivity (Wildman–Crippen MR) is 68.6 cm³/mol. The van der Waals surface area contributed by atoms with Gasteiger partial charge in [-0.3, -0.25) is 0 Å². The molecule has 2 heterocycles. The van der Waals surface area contributed by atoms with Crippen molar-refractivity contribution in [2.75, 3.05) is 19.6 Å². The molecule has 0 aliphatic carbocycles. The molecule has 0 unspecified atom stereocenters. The Morgan fingerprint density at radius 2 is 2.11 bits per heavy atom. The Labute approximate surface area is 107 Å². The van der Waals surface area contributed by atoms with E-state index in [4.69, 9.17) is 4.74 Å². The Morgan fingerprint density at radius 3 is 2.89 bits per heavy atom. The first-order valence-electron chi connectivity index (χ1n) is 6.58. The normalized spacial score (nSPS) is 26.8. The fraction of sp³-hybridized carbons (Fsp3) is 0.500. The van der Waals surface area contributed by atoms with Gasteiger partial charge in [-0.2, -0.15) is 0 Å². The van der Waals surface area contributed by atoms with Gasteiger partial charge in [0, 0.05) is 19.1 Å². The monoisotopic (exact) mass is 246 g/mol. The highest BCUT2D eigenvalue weighted by molar-refractivity contribution is 5.71. The highest BCUT2D eigenvalue weighted by Gasteiger charge is 2.37. The number of benzene rings is 1.